The van der Waals surface area contributed by atoms with Crippen molar-refractivity contribution in [3.63, 3.8) is 0 Å². The molecule has 1 aliphatic rings. The van der Waals surface area contributed by atoms with Crippen molar-refractivity contribution in [2.75, 3.05) is 39.4 Å². The van der Waals surface area contributed by atoms with E-state index in [9.17, 15) is 4.79 Å². The molecule has 1 N–H and O–H groups in total. The summed E-state index contributed by atoms with van der Waals surface area (Å²) in [7, 11) is 0. The van der Waals surface area contributed by atoms with Gasteiger partial charge in [-0.1, -0.05) is 25.4 Å². The zero-order valence-electron chi connectivity index (χ0n) is 14.5. The Bertz CT molecular complexity index is 507. The number of hydrogen-bond donors (Lipinski definition) is 1. The van der Waals surface area contributed by atoms with Crippen molar-refractivity contribution in [1.82, 2.24) is 10.2 Å². The minimum atomic E-state index is -0.0199. The number of rotatable bonds is 8. The second-order valence-corrected chi connectivity index (χ2v) is 6.94. The summed E-state index contributed by atoms with van der Waals surface area (Å²) in [4.78, 5) is 14.3. The van der Waals surface area contributed by atoms with Crippen molar-refractivity contribution < 1.29 is 14.3 Å². The fourth-order valence-electron chi connectivity index (χ4n) is 2.69. The first-order chi connectivity index (χ1) is 11.5. The SMILES string of the molecule is CC(C)CN1CCO[C@H](CNC(=O)CCOc2ccc(Cl)cc2)C1. The Morgan fingerprint density at radius 3 is 2.88 bits per heavy atom. The van der Waals surface area contributed by atoms with Crippen molar-refractivity contribution in [2.24, 2.45) is 5.92 Å². The molecule has 1 heterocycles. The number of carbonyl (C=O) groups is 1. The predicted octanol–water partition coefficient (Wildman–Crippen LogP) is 2.58. The van der Waals surface area contributed by atoms with E-state index >= 15 is 0 Å². The van der Waals surface area contributed by atoms with Gasteiger partial charge in [0.05, 0.1) is 25.7 Å². The summed E-state index contributed by atoms with van der Waals surface area (Å²) >= 11 is 5.81. The van der Waals surface area contributed by atoms with Gasteiger partial charge in [0.2, 0.25) is 5.91 Å². The second kappa shape index (κ2) is 9.87. The van der Waals surface area contributed by atoms with Crippen LogP contribution in [0.2, 0.25) is 5.02 Å². The quantitative estimate of drug-likeness (QED) is 0.779. The molecule has 0 aromatic heterocycles. The van der Waals surface area contributed by atoms with Crippen LogP contribution in [0.3, 0.4) is 0 Å². The summed E-state index contributed by atoms with van der Waals surface area (Å²) < 4.78 is 11.3. The Balaban J connectivity index is 1.61. The normalized spacial score (nSPS) is 18.6. The van der Waals surface area contributed by atoms with E-state index in [4.69, 9.17) is 21.1 Å². The molecular weight excluding hydrogens is 328 g/mol. The largest absolute Gasteiger partial charge is 0.493 e. The molecule has 6 heteroatoms. The first-order valence-corrected chi connectivity index (χ1v) is 8.89. The molecule has 2 rings (SSSR count). The molecule has 1 aromatic carbocycles. The minimum absolute atomic E-state index is 0.0199. The summed E-state index contributed by atoms with van der Waals surface area (Å²) in [5, 5.41) is 3.60. The van der Waals surface area contributed by atoms with E-state index in [-0.39, 0.29) is 12.0 Å². The number of nitrogens with zero attached hydrogens (tertiary/aromatic N) is 1. The fourth-order valence-corrected chi connectivity index (χ4v) is 2.82. The Morgan fingerprint density at radius 2 is 2.17 bits per heavy atom. The molecule has 5 nitrogen and oxygen atoms in total. The molecule has 1 fully saturated rings. The van der Waals surface area contributed by atoms with E-state index in [1.807, 2.05) is 0 Å². The minimum Gasteiger partial charge on any atom is -0.493 e. The summed E-state index contributed by atoms with van der Waals surface area (Å²) in [6.45, 7) is 8.97. The molecule has 0 aliphatic carbocycles. The molecular formula is C18H27ClN2O3. The average Bonchev–Trinajstić information content (AvgIpc) is 2.54. The number of hydrogen-bond acceptors (Lipinski definition) is 4. The molecule has 1 amide bonds. The zero-order chi connectivity index (χ0) is 17.4. The van der Waals surface area contributed by atoms with Gasteiger partial charge in [0.15, 0.2) is 0 Å². The lowest BCUT2D eigenvalue weighted by molar-refractivity contribution is -0.122. The number of ether oxygens (including phenoxy) is 2. The van der Waals surface area contributed by atoms with Crippen molar-refractivity contribution in [3.05, 3.63) is 29.3 Å². The third-order valence-corrected chi connectivity index (χ3v) is 4.04. The second-order valence-electron chi connectivity index (χ2n) is 6.50. The molecule has 134 valence electrons. The van der Waals surface area contributed by atoms with Gasteiger partial charge in [-0.05, 0) is 30.2 Å². The first kappa shape index (κ1) is 19.0. The van der Waals surface area contributed by atoms with Gasteiger partial charge in [-0.25, -0.2) is 0 Å². The maximum atomic E-state index is 11.9. The maximum Gasteiger partial charge on any atom is 0.223 e. The van der Waals surface area contributed by atoms with E-state index in [0.717, 1.165) is 26.2 Å². The molecule has 0 radical (unpaired) electrons. The molecule has 1 aliphatic heterocycles. The molecule has 24 heavy (non-hydrogen) atoms. The van der Waals surface area contributed by atoms with Gasteiger partial charge in [0.1, 0.15) is 5.75 Å². The van der Waals surface area contributed by atoms with Crippen LogP contribution < -0.4 is 10.1 Å². The highest BCUT2D eigenvalue weighted by molar-refractivity contribution is 6.30. The van der Waals surface area contributed by atoms with Gasteiger partial charge in [-0.3, -0.25) is 9.69 Å². The van der Waals surface area contributed by atoms with E-state index < -0.39 is 0 Å². The van der Waals surface area contributed by atoms with Crippen molar-refractivity contribution in [3.8, 4) is 5.75 Å². The number of benzene rings is 1. The monoisotopic (exact) mass is 354 g/mol. The number of carbonyl (C=O) groups excluding carboxylic acids is 1. The maximum absolute atomic E-state index is 11.9. The van der Waals surface area contributed by atoms with Crippen LogP contribution in [0, 0.1) is 5.92 Å². The third-order valence-electron chi connectivity index (χ3n) is 3.78. The molecule has 0 bridgehead atoms. The molecule has 0 spiro atoms. The number of nitrogens with one attached hydrogen (secondary N) is 1. The van der Waals surface area contributed by atoms with Crippen LogP contribution in [0.15, 0.2) is 24.3 Å². The summed E-state index contributed by atoms with van der Waals surface area (Å²) in [5.74, 6) is 1.34. The fraction of sp³-hybridized carbons (Fsp3) is 0.611. The van der Waals surface area contributed by atoms with E-state index in [1.165, 1.54) is 0 Å². The molecule has 0 unspecified atom stereocenters. The highest BCUT2D eigenvalue weighted by atomic mass is 35.5. The first-order valence-electron chi connectivity index (χ1n) is 8.52. The van der Waals surface area contributed by atoms with Gasteiger partial charge in [-0.2, -0.15) is 0 Å². The van der Waals surface area contributed by atoms with Gasteiger partial charge in [0, 0.05) is 31.2 Å². The van der Waals surface area contributed by atoms with Gasteiger partial charge < -0.3 is 14.8 Å². The van der Waals surface area contributed by atoms with Crippen molar-refractivity contribution >= 4 is 17.5 Å². The van der Waals surface area contributed by atoms with E-state index in [1.54, 1.807) is 24.3 Å². The lowest BCUT2D eigenvalue weighted by Crippen LogP contribution is -2.48. The van der Waals surface area contributed by atoms with Crippen LogP contribution >= 0.6 is 11.6 Å². The molecule has 1 atom stereocenters. The Kier molecular flexibility index (Phi) is 7.82. The summed E-state index contributed by atoms with van der Waals surface area (Å²) in [6, 6.07) is 7.11. The van der Waals surface area contributed by atoms with Gasteiger partial charge in [0.25, 0.3) is 0 Å². The zero-order valence-corrected chi connectivity index (χ0v) is 15.2. The topological polar surface area (TPSA) is 50.8 Å². The standard InChI is InChI=1S/C18H27ClN2O3/c1-14(2)12-21-8-10-24-17(13-21)11-20-18(22)7-9-23-16-5-3-15(19)4-6-16/h3-6,14,17H,7-13H2,1-2H3,(H,20,22)/t17-/m1/s1. The van der Waals surface area contributed by atoms with E-state index in [2.05, 4.69) is 24.1 Å². The molecule has 1 saturated heterocycles. The van der Waals surface area contributed by atoms with Crippen molar-refractivity contribution in [2.45, 2.75) is 26.4 Å². The van der Waals surface area contributed by atoms with Crippen LogP contribution in [0.25, 0.3) is 0 Å². The molecule has 1 aromatic rings. The van der Waals surface area contributed by atoms with Gasteiger partial charge in [-0.15, -0.1) is 0 Å². The highest BCUT2D eigenvalue weighted by Gasteiger charge is 2.21. The lowest BCUT2D eigenvalue weighted by Gasteiger charge is -2.33. The van der Waals surface area contributed by atoms with Crippen LogP contribution in [-0.4, -0.2) is 56.3 Å². The van der Waals surface area contributed by atoms with Gasteiger partial charge >= 0.3 is 0 Å². The van der Waals surface area contributed by atoms with E-state index in [0.29, 0.717) is 36.3 Å². The Hall–Kier alpha value is -1.30. The Morgan fingerprint density at radius 1 is 1.42 bits per heavy atom. The average molecular weight is 355 g/mol. The number of halogens is 1. The predicted molar refractivity (Wildman–Crippen MR) is 95.6 cm³/mol. The summed E-state index contributed by atoms with van der Waals surface area (Å²) in [5.41, 5.74) is 0. The number of amides is 1. The smallest absolute Gasteiger partial charge is 0.223 e. The third kappa shape index (κ3) is 7.07. The van der Waals surface area contributed by atoms with Crippen LogP contribution in [0.4, 0.5) is 0 Å². The van der Waals surface area contributed by atoms with Crippen LogP contribution in [0.5, 0.6) is 5.75 Å². The highest BCUT2D eigenvalue weighted by Crippen LogP contribution is 2.15. The van der Waals surface area contributed by atoms with Crippen LogP contribution in [0.1, 0.15) is 20.3 Å². The Labute approximate surface area is 149 Å². The van der Waals surface area contributed by atoms with Crippen molar-refractivity contribution in [1.29, 1.82) is 0 Å². The number of morpholine rings is 1. The van der Waals surface area contributed by atoms with Crippen LogP contribution in [-0.2, 0) is 9.53 Å². The summed E-state index contributed by atoms with van der Waals surface area (Å²) in [6.07, 6.45) is 0.393. The lowest BCUT2D eigenvalue weighted by atomic mass is 10.2. The molecule has 0 saturated carbocycles.